The number of nitrogens with zero attached hydrogens (tertiary/aromatic N) is 1. The van der Waals surface area contributed by atoms with Gasteiger partial charge in [0.25, 0.3) is 0 Å². The van der Waals surface area contributed by atoms with Crippen molar-refractivity contribution in [3.05, 3.63) is 94.0 Å². The molecule has 0 saturated heterocycles. The van der Waals surface area contributed by atoms with Gasteiger partial charge in [-0.15, -0.1) is 0 Å². The summed E-state index contributed by atoms with van der Waals surface area (Å²) >= 11 is 3.83. The molecule has 4 aromatic carbocycles. The van der Waals surface area contributed by atoms with Gasteiger partial charge in [0.15, 0.2) is 0 Å². The minimum absolute atomic E-state index is 0.397. The fourth-order valence-electron chi connectivity index (χ4n) is 4.36. The molecular weight excluding hydrogens is 436 g/mol. The molecular formula is C26H21BrN2O. The van der Waals surface area contributed by atoms with Crippen molar-refractivity contribution in [2.24, 2.45) is 5.73 Å². The molecule has 0 spiro atoms. The normalized spacial score (nSPS) is 11.5. The van der Waals surface area contributed by atoms with Crippen molar-refractivity contribution < 1.29 is 4.79 Å². The van der Waals surface area contributed by atoms with Gasteiger partial charge >= 0.3 is 0 Å². The van der Waals surface area contributed by atoms with Crippen LogP contribution in [0.15, 0.2) is 77.3 Å². The van der Waals surface area contributed by atoms with Crippen LogP contribution in [0.2, 0.25) is 0 Å². The van der Waals surface area contributed by atoms with E-state index < -0.39 is 5.91 Å². The van der Waals surface area contributed by atoms with Gasteiger partial charge in [-0.1, -0.05) is 61.5 Å². The summed E-state index contributed by atoms with van der Waals surface area (Å²) in [6.07, 6.45) is 0.958. The summed E-state index contributed by atoms with van der Waals surface area (Å²) in [7, 11) is 0. The number of carbonyl (C=O) groups excluding carboxylic acids is 1. The van der Waals surface area contributed by atoms with Crippen LogP contribution in [0.4, 0.5) is 0 Å². The lowest BCUT2D eigenvalue weighted by Crippen LogP contribution is -2.11. The summed E-state index contributed by atoms with van der Waals surface area (Å²) < 4.78 is 3.40. The third-order valence-corrected chi connectivity index (χ3v) is 6.84. The number of hydrogen-bond donors (Lipinski definition) is 1. The average Bonchev–Trinajstić information content (AvgIpc) is 3.08. The number of nitrogens with two attached hydrogens (primary N) is 1. The number of carbonyl (C=O) groups is 1. The van der Waals surface area contributed by atoms with E-state index in [2.05, 4.69) is 88.1 Å². The molecule has 0 aliphatic carbocycles. The van der Waals surface area contributed by atoms with Gasteiger partial charge in [-0.2, -0.15) is 0 Å². The maximum Gasteiger partial charge on any atom is 0.249 e. The lowest BCUT2D eigenvalue weighted by molar-refractivity contribution is 0.100. The van der Waals surface area contributed by atoms with Crippen LogP contribution in [0.3, 0.4) is 0 Å². The number of fused-ring (bicyclic) bond motifs is 4. The lowest BCUT2D eigenvalue weighted by atomic mass is 10.0. The van der Waals surface area contributed by atoms with Gasteiger partial charge in [-0.05, 0) is 62.4 Å². The number of benzene rings is 4. The first-order chi connectivity index (χ1) is 14.6. The molecule has 148 valence electrons. The van der Waals surface area contributed by atoms with Crippen molar-refractivity contribution in [3.63, 3.8) is 0 Å². The van der Waals surface area contributed by atoms with Gasteiger partial charge in [0.1, 0.15) is 0 Å². The van der Waals surface area contributed by atoms with Gasteiger partial charge in [-0.3, -0.25) is 4.79 Å². The van der Waals surface area contributed by atoms with Crippen molar-refractivity contribution in [2.45, 2.75) is 19.9 Å². The third kappa shape index (κ3) is 2.91. The Labute approximate surface area is 183 Å². The van der Waals surface area contributed by atoms with Crippen LogP contribution in [0.5, 0.6) is 0 Å². The van der Waals surface area contributed by atoms with E-state index in [0.29, 0.717) is 12.1 Å². The summed E-state index contributed by atoms with van der Waals surface area (Å²) in [6, 6.07) is 25.0. The smallest absolute Gasteiger partial charge is 0.249 e. The fourth-order valence-corrected chi connectivity index (χ4v) is 4.98. The maximum atomic E-state index is 12.2. The highest BCUT2D eigenvalue weighted by atomic mass is 79.9. The minimum Gasteiger partial charge on any atom is -0.366 e. The van der Waals surface area contributed by atoms with Gasteiger partial charge in [0.05, 0.1) is 5.52 Å². The van der Waals surface area contributed by atoms with Crippen LogP contribution in [0, 0.1) is 0 Å². The summed E-state index contributed by atoms with van der Waals surface area (Å²) in [4.78, 5) is 12.2. The van der Waals surface area contributed by atoms with Crippen LogP contribution in [0.25, 0.3) is 32.6 Å². The topological polar surface area (TPSA) is 48.0 Å². The molecule has 2 N–H and O–H groups in total. The van der Waals surface area contributed by atoms with Gasteiger partial charge in [0.2, 0.25) is 5.91 Å². The van der Waals surface area contributed by atoms with Gasteiger partial charge < -0.3 is 10.3 Å². The Bertz CT molecular complexity index is 1450. The van der Waals surface area contributed by atoms with E-state index in [-0.39, 0.29) is 0 Å². The van der Waals surface area contributed by atoms with E-state index in [4.69, 9.17) is 5.73 Å². The summed E-state index contributed by atoms with van der Waals surface area (Å²) in [5.74, 6) is -0.397. The quantitative estimate of drug-likeness (QED) is 0.333. The fraction of sp³-hybridized carbons (Fsp3) is 0.115. The summed E-state index contributed by atoms with van der Waals surface area (Å²) in [5, 5.41) is 4.40. The molecule has 0 aliphatic rings. The molecule has 0 aliphatic heterocycles. The summed E-state index contributed by atoms with van der Waals surface area (Å²) in [6.45, 7) is 2.85. The molecule has 1 aromatic heterocycles. The average molecular weight is 457 g/mol. The molecule has 0 fully saturated rings. The number of rotatable bonds is 4. The van der Waals surface area contributed by atoms with Crippen LogP contribution in [-0.4, -0.2) is 10.5 Å². The summed E-state index contributed by atoms with van der Waals surface area (Å²) in [5.41, 5.74) is 10.9. The first kappa shape index (κ1) is 18.9. The molecule has 5 rings (SSSR count). The standard InChI is InChI=1S/C26H21BrN2O/c1-2-16-10-13-20-23(14-16)29(22-9-5-8-21(24(20)22)26(28)30)15-18-12-11-17-6-3-4-7-19(17)25(18)27/h3-14H,2,15H2,1H3,(H2,28,30). The van der Waals surface area contributed by atoms with Crippen molar-refractivity contribution in [3.8, 4) is 0 Å². The highest BCUT2D eigenvalue weighted by Crippen LogP contribution is 2.35. The third-order valence-electron chi connectivity index (χ3n) is 5.90. The van der Waals surface area contributed by atoms with Crippen molar-refractivity contribution in [1.29, 1.82) is 0 Å². The second kappa shape index (κ2) is 7.29. The van der Waals surface area contributed by atoms with E-state index in [1.54, 1.807) is 0 Å². The number of hydrogen-bond acceptors (Lipinski definition) is 1. The van der Waals surface area contributed by atoms with E-state index in [9.17, 15) is 4.79 Å². The highest BCUT2D eigenvalue weighted by Gasteiger charge is 2.17. The van der Waals surface area contributed by atoms with Crippen molar-refractivity contribution in [1.82, 2.24) is 4.57 Å². The predicted molar refractivity (Wildman–Crippen MR) is 128 cm³/mol. The van der Waals surface area contributed by atoms with E-state index in [0.717, 1.165) is 32.7 Å². The zero-order valence-corrected chi connectivity index (χ0v) is 18.2. The number of amides is 1. The molecule has 1 amide bonds. The maximum absolute atomic E-state index is 12.2. The Morgan fingerprint density at radius 2 is 1.77 bits per heavy atom. The van der Waals surface area contributed by atoms with Gasteiger partial charge in [-0.25, -0.2) is 0 Å². The largest absolute Gasteiger partial charge is 0.366 e. The second-order valence-electron chi connectivity index (χ2n) is 7.61. The minimum atomic E-state index is -0.397. The number of primary amides is 1. The molecule has 0 radical (unpaired) electrons. The molecule has 30 heavy (non-hydrogen) atoms. The monoisotopic (exact) mass is 456 g/mol. The predicted octanol–water partition coefficient (Wildman–Crippen LogP) is 6.42. The Morgan fingerprint density at radius 3 is 2.57 bits per heavy atom. The molecule has 3 nitrogen and oxygen atoms in total. The molecule has 0 bridgehead atoms. The Hall–Kier alpha value is -3.11. The highest BCUT2D eigenvalue weighted by molar-refractivity contribution is 9.10. The molecule has 0 atom stereocenters. The SMILES string of the molecule is CCc1ccc2c3c(C(N)=O)cccc3n(Cc3ccc4ccccc4c3Br)c2c1. The van der Waals surface area contributed by atoms with Crippen molar-refractivity contribution in [2.75, 3.05) is 0 Å². The first-order valence-electron chi connectivity index (χ1n) is 10.1. The molecule has 0 unspecified atom stereocenters. The van der Waals surface area contributed by atoms with Crippen molar-refractivity contribution >= 4 is 54.4 Å². The van der Waals surface area contributed by atoms with Crippen LogP contribution in [-0.2, 0) is 13.0 Å². The molecule has 0 saturated carbocycles. The Morgan fingerprint density at radius 1 is 0.933 bits per heavy atom. The van der Waals surface area contributed by atoms with Crippen LogP contribution in [0.1, 0.15) is 28.4 Å². The van der Waals surface area contributed by atoms with Crippen LogP contribution < -0.4 is 5.73 Å². The zero-order valence-electron chi connectivity index (χ0n) is 16.7. The van der Waals surface area contributed by atoms with E-state index >= 15 is 0 Å². The Balaban J connectivity index is 1.80. The zero-order chi connectivity index (χ0) is 20.8. The second-order valence-corrected chi connectivity index (χ2v) is 8.41. The van der Waals surface area contributed by atoms with Gasteiger partial charge in [0, 0.05) is 32.9 Å². The number of aromatic nitrogens is 1. The van der Waals surface area contributed by atoms with E-state index in [1.807, 2.05) is 12.1 Å². The molecule has 5 aromatic rings. The Kier molecular flexibility index (Phi) is 4.59. The molecule has 4 heteroatoms. The number of aryl methyl sites for hydroxylation is 1. The first-order valence-corrected chi connectivity index (χ1v) is 10.9. The van der Waals surface area contributed by atoms with Crippen LogP contribution >= 0.6 is 15.9 Å². The number of halogens is 1. The molecule has 1 heterocycles. The van der Waals surface area contributed by atoms with E-state index in [1.165, 1.54) is 21.9 Å². The lowest BCUT2D eigenvalue weighted by Gasteiger charge is -2.12.